The largest absolute Gasteiger partial charge is 0.366 e. The number of aliphatic imine (C=N–C) groups is 1. The second-order valence-electron chi connectivity index (χ2n) is 11.9. The number of amides is 1. The lowest BCUT2D eigenvalue weighted by Gasteiger charge is -2.47. The van der Waals surface area contributed by atoms with Gasteiger partial charge in [0.05, 0.1) is 10.9 Å². The Hall–Kier alpha value is -1.82. The third kappa shape index (κ3) is 4.99. The Morgan fingerprint density at radius 1 is 1.08 bits per heavy atom. The van der Waals surface area contributed by atoms with Gasteiger partial charge in [0.25, 0.3) is 5.91 Å². The van der Waals surface area contributed by atoms with Crippen LogP contribution in [0.4, 0.5) is 10.1 Å². The van der Waals surface area contributed by atoms with Crippen molar-refractivity contribution in [3.8, 4) is 0 Å². The first kappa shape index (κ1) is 25.8. The number of benzene rings is 1. The molecule has 1 aromatic rings. The fourth-order valence-electron chi connectivity index (χ4n) is 6.98. The number of rotatable bonds is 4. The highest BCUT2D eigenvalue weighted by Gasteiger charge is 2.40. The van der Waals surface area contributed by atoms with Crippen LogP contribution < -0.4 is 4.90 Å². The molecule has 0 radical (unpaired) electrons. The Labute approximate surface area is 220 Å². The molecule has 5 rings (SSSR count). The smallest absolute Gasteiger partial charge is 0.267 e. The van der Waals surface area contributed by atoms with Crippen molar-refractivity contribution in [2.45, 2.75) is 122 Å². The molecular formula is C30H42FN3OS. The van der Waals surface area contributed by atoms with Crippen molar-refractivity contribution in [3.63, 3.8) is 0 Å². The van der Waals surface area contributed by atoms with Crippen LogP contribution in [0.1, 0.15) is 115 Å². The highest BCUT2D eigenvalue weighted by Crippen LogP contribution is 2.45. The van der Waals surface area contributed by atoms with Gasteiger partial charge in [-0.2, -0.15) is 0 Å². The molecule has 4 nitrogen and oxygen atoms in total. The summed E-state index contributed by atoms with van der Waals surface area (Å²) in [6.07, 6.45) is 14.4. The molecule has 36 heavy (non-hydrogen) atoms. The standard InChI is InChI=1S/C30H42FN3OS/c1-5-33-26-18-25(31)21(16-24(26)20(2)19-30(33,3)4)17-27-28(35)34(23-14-10-7-11-15-23)29(36-27)32-22-12-8-6-9-13-22/h16-18,20,22-23H,5-15,19H2,1-4H3/b27-17+,32-29?. The lowest BCUT2D eigenvalue weighted by Crippen LogP contribution is -2.48. The van der Waals surface area contributed by atoms with Gasteiger partial charge >= 0.3 is 0 Å². The second kappa shape index (κ2) is 10.5. The average Bonchev–Trinajstić information content (AvgIpc) is 3.15. The summed E-state index contributed by atoms with van der Waals surface area (Å²) in [5.41, 5.74) is 2.69. The van der Waals surface area contributed by atoms with Gasteiger partial charge < -0.3 is 4.90 Å². The van der Waals surface area contributed by atoms with E-state index < -0.39 is 0 Å². The van der Waals surface area contributed by atoms with Crippen molar-refractivity contribution < 1.29 is 9.18 Å². The minimum Gasteiger partial charge on any atom is -0.366 e. The number of carbonyl (C=O) groups excluding carboxylic acids is 1. The zero-order chi connectivity index (χ0) is 25.4. The first-order chi connectivity index (χ1) is 17.3. The normalized spacial score (nSPS) is 27.8. The number of carbonyl (C=O) groups is 1. The zero-order valence-electron chi connectivity index (χ0n) is 22.5. The van der Waals surface area contributed by atoms with Gasteiger partial charge in [0.1, 0.15) is 5.82 Å². The molecule has 1 atom stereocenters. The van der Waals surface area contributed by atoms with Crippen LogP contribution in [0, 0.1) is 5.82 Å². The molecule has 196 valence electrons. The van der Waals surface area contributed by atoms with Crippen LogP contribution in [-0.2, 0) is 4.79 Å². The quantitative estimate of drug-likeness (QED) is 0.386. The van der Waals surface area contributed by atoms with Gasteiger partial charge in [-0.15, -0.1) is 0 Å². The summed E-state index contributed by atoms with van der Waals surface area (Å²) in [6.45, 7) is 9.70. The third-order valence-corrected chi connectivity index (χ3v) is 9.75. The maximum absolute atomic E-state index is 15.5. The van der Waals surface area contributed by atoms with Gasteiger partial charge in [0.15, 0.2) is 5.17 Å². The summed E-state index contributed by atoms with van der Waals surface area (Å²) >= 11 is 1.47. The fourth-order valence-corrected chi connectivity index (χ4v) is 8.08. The SMILES string of the molecule is CCN1c2cc(F)c(/C=C3/SC(=NC4CCCCC4)N(C4CCCCC4)C3=O)cc2C(C)CC1(C)C. The Morgan fingerprint density at radius 2 is 1.75 bits per heavy atom. The topological polar surface area (TPSA) is 35.9 Å². The van der Waals surface area contributed by atoms with Gasteiger partial charge in [-0.3, -0.25) is 14.7 Å². The summed E-state index contributed by atoms with van der Waals surface area (Å²) in [4.78, 5) is 23.8. The molecule has 2 aliphatic carbocycles. The lowest BCUT2D eigenvalue weighted by atomic mass is 9.79. The molecular weight excluding hydrogens is 469 g/mol. The minimum atomic E-state index is -0.250. The van der Waals surface area contributed by atoms with Gasteiger partial charge in [-0.05, 0) is 94.3 Å². The third-order valence-electron chi connectivity index (χ3n) is 8.75. The summed E-state index contributed by atoms with van der Waals surface area (Å²) in [6, 6.07) is 4.22. The Balaban J connectivity index is 1.49. The van der Waals surface area contributed by atoms with Crippen LogP contribution >= 0.6 is 11.8 Å². The number of halogens is 1. The van der Waals surface area contributed by atoms with Crippen molar-refractivity contribution in [1.82, 2.24) is 4.90 Å². The zero-order valence-corrected chi connectivity index (χ0v) is 23.3. The highest BCUT2D eigenvalue weighted by atomic mass is 32.2. The van der Waals surface area contributed by atoms with Gasteiger partial charge in [0.2, 0.25) is 0 Å². The van der Waals surface area contributed by atoms with Crippen LogP contribution in [0.25, 0.3) is 6.08 Å². The van der Waals surface area contributed by atoms with Crippen LogP contribution in [0.15, 0.2) is 22.0 Å². The number of nitrogens with zero attached hydrogens (tertiary/aromatic N) is 3. The Bertz CT molecular complexity index is 1050. The van der Waals surface area contributed by atoms with E-state index in [4.69, 9.17) is 4.99 Å². The number of fused-ring (bicyclic) bond motifs is 1. The molecule has 1 amide bonds. The second-order valence-corrected chi connectivity index (χ2v) is 12.9. The van der Waals surface area contributed by atoms with Crippen molar-refractivity contribution in [3.05, 3.63) is 34.0 Å². The maximum atomic E-state index is 15.5. The first-order valence-corrected chi connectivity index (χ1v) is 15.0. The Morgan fingerprint density at radius 3 is 2.42 bits per heavy atom. The van der Waals surface area contributed by atoms with Crippen LogP contribution in [0.2, 0.25) is 0 Å². The number of hydrogen-bond acceptors (Lipinski definition) is 4. The maximum Gasteiger partial charge on any atom is 0.267 e. The predicted molar refractivity (Wildman–Crippen MR) is 150 cm³/mol. The summed E-state index contributed by atoms with van der Waals surface area (Å²) in [5.74, 6) is 0.104. The molecule has 0 bridgehead atoms. The molecule has 1 aromatic carbocycles. The van der Waals surface area contributed by atoms with Crippen molar-refractivity contribution in [1.29, 1.82) is 0 Å². The highest BCUT2D eigenvalue weighted by molar-refractivity contribution is 8.18. The first-order valence-electron chi connectivity index (χ1n) is 14.2. The van der Waals surface area contributed by atoms with Crippen LogP contribution in [-0.4, -0.2) is 40.1 Å². The average molecular weight is 512 g/mol. The van der Waals surface area contributed by atoms with E-state index in [0.717, 1.165) is 62.3 Å². The molecule has 2 aliphatic heterocycles. The predicted octanol–water partition coefficient (Wildman–Crippen LogP) is 7.88. The van der Waals surface area contributed by atoms with Gasteiger partial charge in [-0.25, -0.2) is 4.39 Å². The van der Waals surface area contributed by atoms with E-state index in [1.54, 1.807) is 12.1 Å². The molecule has 2 heterocycles. The van der Waals surface area contributed by atoms with Gasteiger partial charge in [-0.1, -0.05) is 45.4 Å². The van der Waals surface area contributed by atoms with Crippen molar-refractivity contribution >= 4 is 34.6 Å². The molecule has 1 unspecified atom stereocenters. The Kier molecular flexibility index (Phi) is 7.54. The molecule has 6 heteroatoms. The number of anilines is 1. The number of thioether (sulfide) groups is 1. The van der Waals surface area contributed by atoms with E-state index in [-0.39, 0.29) is 23.3 Å². The van der Waals surface area contributed by atoms with Crippen LogP contribution in [0.3, 0.4) is 0 Å². The van der Waals surface area contributed by atoms with Gasteiger partial charge in [0, 0.05) is 29.4 Å². The summed E-state index contributed by atoms with van der Waals surface area (Å²) in [7, 11) is 0. The van der Waals surface area contributed by atoms with Crippen molar-refractivity contribution in [2.24, 2.45) is 4.99 Å². The molecule has 0 spiro atoms. The van der Waals surface area contributed by atoms with Crippen molar-refractivity contribution in [2.75, 3.05) is 11.4 Å². The van der Waals surface area contributed by atoms with Crippen LogP contribution in [0.5, 0.6) is 0 Å². The molecule has 0 N–H and O–H groups in total. The van der Waals surface area contributed by atoms with E-state index in [2.05, 4.69) is 32.6 Å². The molecule has 4 aliphatic rings. The monoisotopic (exact) mass is 511 g/mol. The number of amidine groups is 1. The lowest BCUT2D eigenvalue weighted by molar-refractivity contribution is -0.124. The fraction of sp³-hybridized carbons (Fsp3) is 0.667. The molecule has 3 fully saturated rings. The van der Waals surface area contributed by atoms with E-state index in [0.29, 0.717) is 22.4 Å². The minimum absolute atomic E-state index is 0.00413. The summed E-state index contributed by atoms with van der Waals surface area (Å²) < 4.78 is 15.5. The molecule has 1 saturated heterocycles. The summed E-state index contributed by atoms with van der Waals surface area (Å²) in [5, 5.41) is 0.857. The molecule has 0 aromatic heterocycles. The van der Waals surface area contributed by atoms with E-state index in [1.165, 1.54) is 43.0 Å². The van der Waals surface area contributed by atoms with E-state index >= 15 is 4.39 Å². The number of hydrogen-bond donors (Lipinski definition) is 0. The van der Waals surface area contributed by atoms with E-state index in [9.17, 15) is 4.79 Å². The molecule has 2 saturated carbocycles. The van der Waals surface area contributed by atoms with E-state index in [1.807, 2.05) is 11.0 Å².